The van der Waals surface area contributed by atoms with Crippen LogP contribution in [0.1, 0.15) is 39.7 Å². The summed E-state index contributed by atoms with van der Waals surface area (Å²) in [5.41, 5.74) is 6.53. The van der Waals surface area contributed by atoms with E-state index in [-0.39, 0.29) is 24.1 Å². The first-order chi connectivity index (χ1) is 10.6. The molecule has 0 heterocycles. The van der Waals surface area contributed by atoms with Crippen LogP contribution in [0.25, 0.3) is 0 Å². The number of aliphatic imine (C=N–C) groups is 1. The Morgan fingerprint density at radius 3 is 2.30 bits per heavy atom. The third-order valence-electron chi connectivity index (χ3n) is 2.94. The number of nitrogens with zero attached hydrogens (tertiary/aromatic N) is 1. The second-order valence-corrected chi connectivity index (χ2v) is 6.06. The number of carbonyl (C=O) groups is 1. The molecule has 0 unspecified atom stereocenters. The molecule has 6 heteroatoms. The summed E-state index contributed by atoms with van der Waals surface area (Å²) >= 11 is 0. The molecule has 0 saturated heterocycles. The fourth-order valence-electron chi connectivity index (χ4n) is 1.79. The number of carboxylic acids is 1. The van der Waals surface area contributed by atoms with Gasteiger partial charge in [-0.05, 0) is 51.5 Å². The molecule has 126 valence electrons. The normalized spacial score (nSPS) is 13.5. The zero-order chi connectivity index (χ0) is 17.6. The van der Waals surface area contributed by atoms with Gasteiger partial charge in [0.25, 0.3) is 0 Å². The molecule has 0 atom stereocenters. The number of amidine groups is 1. The molecule has 0 aliphatic heterocycles. The highest BCUT2D eigenvalue weighted by Crippen LogP contribution is 2.17. The summed E-state index contributed by atoms with van der Waals surface area (Å²) in [4.78, 5) is 15.0. The van der Waals surface area contributed by atoms with Crippen molar-refractivity contribution in [2.24, 2.45) is 10.7 Å². The molecule has 1 aromatic carbocycles. The summed E-state index contributed by atoms with van der Waals surface area (Å²) in [5.74, 6) is -1.81. The van der Waals surface area contributed by atoms with Gasteiger partial charge in [-0.1, -0.05) is 6.92 Å². The summed E-state index contributed by atoms with van der Waals surface area (Å²) in [6.07, 6.45) is 0.265. The van der Waals surface area contributed by atoms with Gasteiger partial charge in [0.2, 0.25) is 5.83 Å². The van der Waals surface area contributed by atoms with Crippen molar-refractivity contribution < 1.29 is 19.0 Å². The molecule has 0 bridgehead atoms. The van der Waals surface area contributed by atoms with E-state index in [0.717, 1.165) is 5.56 Å². The second kappa shape index (κ2) is 7.76. The Labute approximate surface area is 135 Å². The molecule has 0 aliphatic rings. The lowest BCUT2D eigenvalue weighted by Gasteiger charge is -2.14. The van der Waals surface area contributed by atoms with E-state index in [4.69, 9.17) is 15.6 Å². The van der Waals surface area contributed by atoms with E-state index in [2.05, 4.69) is 4.99 Å². The van der Waals surface area contributed by atoms with Crippen molar-refractivity contribution in [2.45, 2.75) is 39.7 Å². The highest BCUT2D eigenvalue weighted by molar-refractivity contribution is 5.97. The van der Waals surface area contributed by atoms with Gasteiger partial charge in [-0.2, -0.15) is 4.39 Å². The number of hydrogen-bond donors (Lipinski definition) is 2. The van der Waals surface area contributed by atoms with Crippen LogP contribution in [-0.4, -0.2) is 29.1 Å². The molecule has 0 fully saturated rings. The number of rotatable bonds is 6. The summed E-state index contributed by atoms with van der Waals surface area (Å²) in [7, 11) is 0. The molecule has 23 heavy (non-hydrogen) atoms. The van der Waals surface area contributed by atoms with Crippen molar-refractivity contribution in [3.05, 3.63) is 41.2 Å². The van der Waals surface area contributed by atoms with Gasteiger partial charge < -0.3 is 15.6 Å². The van der Waals surface area contributed by atoms with E-state index < -0.39 is 11.8 Å². The number of halogens is 1. The van der Waals surface area contributed by atoms with Crippen molar-refractivity contribution in [1.82, 2.24) is 0 Å². The molecular weight excluding hydrogens is 299 g/mol. The smallest absolute Gasteiger partial charge is 0.364 e. The summed E-state index contributed by atoms with van der Waals surface area (Å²) in [6, 6.07) is 6.88. The van der Waals surface area contributed by atoms with Gasteiger partial charge in [0, 0.05) is 11.1 Å². The lowest BCUT2D eigenvalue weighted by molar-refractivity contribution is -0.134. The van der Waals surface area contributed by atoms with Crippen LogP contribution in [0, 0.1) is 0 Å². The Morgan fingerprint density at radius 2 is 1.87 bits per heavy atom. The molecule has 1 rings (SSSR count). The molecule has 3 N–H and O–H groups in total. The maximum absolute atomic E-state index is 13.4. The first kappa shape index (κ1) is 18.7. The van der Waals surface area contributed by atoms with Crippen LogP contribution in [-0.2, 0) is 4.79 Å². The predicted octanol–water partition coefficient (Wildman–Crippen LogP) is 3.29. The van der Waals surface area contributed by atoms with E-state index in [1.165, 1.54) is 0 Å². The van der Waals surface area contributed by atoms with Crippen molar-refractivity contribution in [3.63, 3.8) is 0 Å². The Bertz CT molecular complexity index is 614. The maximum Gasteiger partial charge on any atom is 0.364 e. The van der Waals surface area contributed by atoms with Crippen LogP contribution in [0.2, 0.25) is 0 Å². The minimum absolute atomic E-state index is 0.107. The summed E-state index contributed by atoms with van der Waals surface area (Å²) < 4.78 is 18.8. The summed E-state index contributed by atoms with van der Waals surface area (Å²) in [5, 5.41) is 8.66. The monoisotopic (exact) mass is 322 g/mol. The van der Waals surface area contributed by atoms with Gasteiger partial charge in [-0.25, -0.2) is 4.79 Å². The first-order valence-corrected chi connectivity index (χ1v) is 7.33. The Kier molecular flexibility index (Phi) is 6.30. The van der Waals surface area contributed by atoms with E-state index in [1.54, 1.807) is 31.2 Å². The standard InChI is InChI=1S/C17H23FN2O3/c1-5-11(14(18)16(21)22)10-23-13-8-6-12(7-9-13)15(19)20-17(2,3)4/h6-9H,5,10H2,1-4H3,(H2,19,20)(H,21,22)/b14-11+. The van der Waals surface area contributed by atoms with E-state index in [9.17, 15) is 9.18 Å². The predicted molar refractivity (Wildman–Crippen MR) is 88.5 cm³/mol. The molecular formula is C17H23FN2O3. The Hall–Kier alpha value is -2.37. The largest absolute Gasteiger partial charge is 0.489 e. The fourth-order valence-corrected chi connectivity index (χ4v) is 1.79. The molecule has 5 nitrogen and oxygen atoms in total. The van der Waals surface area contributed by atoms with Gasteiger partial charge in [0.15, 0.2) is 0 Å². The lowest BCUT2D eigenvalue weighted by Crippen LogP contribution is -2.21. The molecule has 0 spiro atoms. The molecule has 0 saturated carbocycles. The Morgan fingerprint density at radius 1 is 1.30 bits per heavy atom. The van der Waals surface area contributed by atoms with Crippen LogP contribution >= 0.6 is 0 Å². The quantitative estimate of drug-likeness (QED) is 0.478. The molecule has 0 radical (unpaired) electrons. The zero-order valence-electron chi connectivity index (χ0n) is 13.9. The van der Waals surface area contributed by atoms with Crippen molar-refractivity contribution in [1.29, 1.82) is 0 Å². The van der Waals surface area contributed by atoms with Gasteiger partial charge >= 0.3 is 5.97 Å². The van der Waals surface area contributed by atoms with Crippen LogP contribution in [0.15, 0.2) is 40.7 Å². The van der Waals surface area contributed by atoms with Crippen LogP contribution < -0.4 is 10.5 Å². The minimum atomic E-state index is -1.58. The first-order valence-electron chi connectivity index (χ1n) is 7.33. The Balaban J connectivity index is 2.81. The van der Waals surface area contributed by atoms with Gasteiger partial charge in [-0.3, -0.25) is 4.99 Å². The van der Waals surface area contributed by atoms with Crippen LogP contribution in [0.5, 0.6) is 5.75 Å². The van der Waals surface area contributed by atoms with E-state index in [1.807, 2.05) is 20.8 Å². The van der Waals surface area contributed by atoms with Crippen molar-refractivity contribution in [3.8, 4) is 5.75 Å². The SMILES string of the molecule is CC/C(COc1ccc(C(N)=NC(C)(C)C)cc1)=C(\F)C(=O)O. The highest BCUT2D eigenvalue weighted by Gasteiger charge is 2.13. The topological polar surface area (TPSA) is 84.9 Å². The minimum Gasteiger partial charge on any atom is -0.489 e. The highest BCUT2D eigenvalue weighted by atomic mass is 19.1. The zero-order valence-corrected chi connectivity index (χ0v) is 13.9. The number of hydrogen-bond acceptors (Lipinski definition) is 3. The number of ether oxygens (including phenoxy) is 1. The number of carboxylic acid groups (broad SMARTS) is 1. The number of benzene rings is 1. The van der Waals surface area contributed by atoms with Crippen LogP contribution in [0.3, 0.4) is 0 Å². The molecule has 0 aliphatic carbocycles. The average molecular weight is 322 g/mol. The summed E-state index contributed by atoms with van der Waals surface area (Å²) in [6.45, 7) is 7.42. The molecule has 0 aromatic heterocycles. The van der Waals surface area contributed by atoms with Crippen molar-refractivity contribution >= 4 is 11.8 Å². The van der Waals surface area contributed by atoms with E-state index in [0.29, 0.717) is 11.6 Å². The molecule has 1 aromatic rings. The average Bonchev–Trinajstić information content (AvgIpc) is 2.46. The van der Waals surface area contributed by atoms with Gasteiger partial charge in [-0.15, -0.1) is 0 Å². The lowest BCUT2D eigenvalue weighted by atomic mass is 10.1. The van der Waals surface area contributed by atoms with Crippen LogP contribution in [0.4, 0.5) is 4.39 Å². The number of nitrogens with two attached hydrogens (primary N) is 1. The third kappa shape index (κ3) is 6.10. The van der Waals surface area contributed by atoms with Crippen molar-refractivity contribution in [2.75, 3.05) is 6.61 Å². The number of aliphatic carboxylic acids is 1. The van der Waals surface area contributed by atoms with Gasteiger partial charge in [0.1, 0.15) is 18.2 Å². The van der Waals surface area contributed by atoms with E-state index >= 15 is 0 Å². The molecule has 0 amide bonds. The maximum atomic E-state index is 13.4. The van der Waals surface area contributed by atoms with Gasteiger partial charge in [0.05, 0.1) is 5.54 Å². The fraction of sp³-hybridized carbons (Fsp3) is 0.412. The third-order valence-corrected chi connectivity index (χ3v) is 2.94. The second-order valence-electron chi connectivity index (χ2n) is 6.06.